The highest BCUT2D eigenvalue weighted by molar-refractivity contribution is 5.92. The summed E-state index contributed by atoms with van der Waals surface area (Å²) in [5.41, 5.74) is 2.52. The third-order valence-electron chi connectivity index (χ3n) is 2.80. The van der Waals surface area contributed by atoms with Crippen LogP contribution in [0.3, 0.4) is 0 Å². The highest BCUT2D eigenvalue weighted by Gasteiger charge is 2.09. The molecule has 2 rings (SSSR count). The monoisotopic (exact) mass is 217 g/mol. The zero-order chi connectivity index (χ0) is 11.4. The molecule has 1 aromatic carbocycles. The fourth-order valence-corrected chi connectivity index (χ4v) is 1.93. The van der Waals surface area contributed by atoms with Crippen molar-refractivity contribution < 1.29 is 9.90 Å². The Balaban J connectivity index is 2.29. The van der Waals surface area contributed by atoms with Gasteiger partial charge in [-0.1, -0.05) is 29.8 Å². The molecule has 3 nitrogen and oxygen atoms in total. The van der Waals surface area contributed by atoms with Gasteiger partial charge in [0.1, 0.15) is 0 Å². The number of nitrogens with one attached hydrogen (secondary N) is 1. The van der Waals surface area contributed by atoms with Gasteiger partial charge in [0.25, 0.3) is 0 Å². The second kappa shape index (κ2) is 4.94. The van der Waals surface area contributed by atoms with Crippen molar-refractivity contribution in [2.75, 3.05) is 13.1 Å². The molecule has 0 amide bonds. The van der Waals surface area contributed by atoms with E-state index in [2.05, 4.69) is 5.32 Å². The van der Waals surface area contributed by atoms with E-state index in [4.69, 9.17) is 5.11 Å². The van der Waals surface area contributed by atoms with Crippen molar-refractivity contribution in [1.29, 1.82) is 0 Å². The largest absolute Gasteiger partial charge is 0.478 e. The van der Waals surface area contributed by atoms with E-state index in [1.54, 1.807) is 12.1 Å². The standard InChI is InChI=1S/C13H15NO2/c15-13(16)12-4-2-1-3-11(12)9-10-5-7-14-8-6-10/h1-4,9,14H,5-8H2,(H,15,16). The third-order valence-corrected chi connectivity index (χ3v) is 2.80. The summed E-state index contributed by atoms with van der Waals surface area (Å²) < 4.78 is 0. The van der Waals surface area contributed by atoms with Crippen molar-refractivity contribution in [2.45, 2.75) is 12.8 Å². The molecule has 0 aliphatic carbocycles. The van der Waals surface area contributed by atoms with Gasteiger partial charge in [-0.25, -0.2) is 4.79 Å². The van der Waals surface area contributed by atoms with Gasteiger partial charge in [-0.05, 0) is 37.6 Å². The van der Waals surface area contributed by atoms with Crippen LogP contribution in [0.25, 0.3) is 6.08 Å². The SMILES string of the molecule is O=C(O)c1ccccc1C=C1CCNCC1. The first-order valence-electron chi connectivity index (χ1n) is 5.50. The Morgan fingerprint density at radius 3 is 2.62 bits per heavy atom. The minimum atomic E-state index is -0.860. The minimum Gasteiger partial charge on any atom is -0.478 e. The first-order valence-corrected chi connectivity index (χ1v) is 5.50. The quantitative estimate of drug-likeness (QED) is 0.798. The van der Waals surface area contributed by atoms with Crippen LogP contribution in [0.2, 0.25) is 0 Å². The van der Waals surface area contributed by atoms with Crippen molar-refractivity contribution in [2.24, 2.45) is 0 Å². The topological polar surface area (TPSA) is 49.3 Å². The van der Waals surface area contributed by atoms with Gasteiger partial charge in [0.05, 0.1) is 5.56 Å². The first-order chi connectivity index (χ1) is 7.77. The lowest BCUT2D eigenvalue weighted by molar-refractivity contribution is 0.0696. The van der Waals surface area contributed by atoms with E-state index in [1.165, 1.54) is 5.57 Å². The molecule has 1 saturated heterocycles. The maximum Gasteiger partial charge on any atom is 0.336 e. The summed E-state index contributed by atoms with van der Waals surface area (Å²) in [5.74, 6) is -0.860. The molecule has 0 unspecified atom stereocenters. The lowest BCUT2D eigenvalue weighted by Gasteiger charge is -2.15. The van der Waals surface area contributed by atoms with Crippen LogP contribution >= 0.6 is 0 Å². The minimum absolute atomic E-state index is 0.383. The normalized spacial score (nSPS) is 15.9. The molecule has 1 aliphatic heterocycles. The molecule has 2 N–H and O–H groups in total. The van der Waals surface area contributed by atoms with E-state index in [1.807, 2.05) is 18.2 Å². The van der Waals surface area contributed by atoms with Crippen molar-refractivity contribution in [3.63, 3.8) is 0 Å². The van der Waals surface area contributed by atoms with E-state index in [-0.39, 0.29) is 0 Å². The summed E-state index contributed by atoms with van der Waals surface area (Å²) >= 11 is 0. The van der Waals surface area contributed by atoms with Gasteiger partial charge in [-0.3, -0.25) is 0 Å². The van der Waals surface area contributed by atoms with Crippen molar-refractivity contribution in [3.8, 4) is 0 Å². The lowest BCUT2D eigenvalue weighted by atomic mass is 9.99. The second-order valence-corrected chi connectivity index (χ2v) is 3.94. The molecule has 0 bridgehead atoms. The number of hydrogen-bond donors (Lipinski definition) is 2. The fourth-order valence-electron chi connectivity index (χ4n) is 1.93. The second-order valence-electron chi connectivity index (χ2n) is 3.94. The van der Waals surface area contributed by atoms with E-state index in [0.29, 0.717) is 5.56 Å². The van der Waals surface area contributed by atoms with Gasteiger partial charge in [0.15, 0.2) is 0 Å². The summed E-state index contributed by atoms with van der Waals surface area (Å²) in [6.07, 6.45) is 4.03. The Kier molecular flexibility index (Phi) is 3.37. The molecule has 0 radical (unpaired) electrons. The van der Waals surface area contributed by atoms with Gasteiger partial charge < -0.3 is 10.4 Å². The molecule has 1 aliphatic rings. The zero-order valence-electron chi connectivity index (χ0n) is 9.07. The first kappa shape index (κ1) is 10.9. The van der Waals surface area contributed by atoms with Crippen LogP contribution in [0.15, 0.2) is 29.8 Å². The number of carboxylic acid groups (broad SMARTS) is 1. The molecule has 84 valence electrons. The number of carboxylic acids is 1. The van der Waals surface area contributed by atoms with E-state index < -0.39 is 5.97 Å². The van der Waals surface area contributed by atoms with Gasteiger partial charge in [-0.2, -0.15) is 0 Å². The Bertz CT molecular complexity index is 416. The average molecular weight is 217 g/mol. The number of carbonyl (C=O) groups is 1. The molecule has 1 aromatic rings. The van der Waals surface area contributed by atoms with Crippen LogP contribution < -0.4 is 5.32 Å². The Labute approximate surface area is 94.8 Å². The van der Waals surface area contributed by atoms with Crippen LogP contribution in [0, 0.1) is 0 Å². The number of rotatable bonds is 2. The molecular formula is C13H15NO2. The summed E-state index contributed by atoms with van der Waals surface area (Å²) in [4.78, 5) is 11.0. The Morgan fingerprint density at radius 2 is 1.94 bits per heavy atom. The number of hydrogen-bond acceptors (Lipinski definition) is 2. The van der Waals surface area contributed by atoms with Gasteiger partial charge in [0.2, 0.25) is 0 Å². The fraction of sp³-hybridized carbons (Fsp3) is 0.308. The number of piperidine rings is 1. The smallest absolute Gasteiger partial charge is 0.336 e. The molecule has 1 heterocycles. The van der Waals surface area contributed by atoms with Crippen molar-refractivity contribution >= 4 is 12.0 Å². The van der Waals surface area contributed by atoms with Crippen LogP contribution in [0.4, 0.5) is 0 Å². The maximum atomic E-state index is 11.0. The van der Waals surface area contributed by atoms with Crippen LogP contribution in [-0.2, 0) is 0 Å². The molecular weight excluding hydrogens is 202 g/mol. The average Bonchev–Trinajstić information content (AvgIpc) is 2.31. The molecule has 0 atom stereocenters. The van der Waals surface area contributed by atoms with E-state index in [9.17, 15) is 4.79 Å². The molecule has 0 saturated carbocycles. The summed E-state index contributed by atoms with van der Waals surface area (Å²) in [6, 6.07) is 7.14. The number of benzene rings is 1. The zero-order valence-corrected chi connectivity index (χ0v) is 9.07. The Morgan fingerprint density at radius 1 is 1.25 bits per heavy atom. The van der Waals surface area contributed by atoms with Gasteiger partial charge >= 0.3 is 5.97 Å². The van der Waals surface area contributed by atoms with Crippen LogP contribution in [-0.4, -0.2) is 24.2 Å². The highest BCUT2D eigenvalue weighted by atomic mass is 16.4. The molecule has 0 aromatic heterocycles. The lowest BCUT2D eigenvalue weighted by Crippen LogP contribution is -2.23. The predicted octanol–water partition coefficient (Wildman–Crippen LogP) is 2.15. The summed E-state index contributed by atoms with van der Waals surface area (Å²) in [6.45, 7) is 1.97. The van der Waals surface area contributed by atoms with Crippen LogP contribution in [0.5, 0.6) is 0 Å². The Hall–Kier alpha value is -1.61. The molecule has 0 spiro atoms. The molecule has 3 heteroatoms. The van der Waals surface area contributed by atoms with Crippen molar-refractivity contribution in [1.82, 2.24) is 5.32 Å². The molecule has 16 heavy (non-hydrogen) atoms. The van der Waals surface area contributed by atoms with E-state index >= 15 is 0 Å². The highest BCUT2D eigenvalue weighted by Crippen LogP contribution is 2.18. The number of aromatic carboxylic acids is 1. The van der Waals surface area contributed by atoms with Crippen molar-refractivity contribution in [3.05, 3.63) is 41.0 Å². The molecule has 1 fully saturated rings. The third kappa shape index (κ3) is 2.49. The van der Waals surface area contributed by atoms with E-state index in [0.717, 1.165) is 31.5 Å². The predicted molar refractivity (Wildman–Crippen MR) is 63.5 cm³/mol. The summed E-state index contributed by atoms with van der Waals surface area (Å²) in [5, 5.41) is 12.3. The maximum absolute atomic E-state index is 11.0. The van der Waals surface area contributed by atoms with Gasteiger partial charge in [-0.15, -0.1) is 0 Å². The van der Waals surface area contributed by atoms with Crippen LogP contribution in [0.1, 0.15) is 28.8 Å². The van der Waals surface area contributed by atoms with Gasteiger partial charge in [0, 0.05) is 0 Å². The summed E-state index contributed by atoms with van der Waals surface area (Å²) in [7, 11) is 0.